The highest BCUT2D eigenvalue weighted by molar-refractivity contribution is 6.34. The average molecular weight is 380 g/mol. The predicted octanol–water partition coefficient (Wildman–Crippen LogP) is 4.41. The van der Waals surface area contributed by atoms with Crippen LogP contribution in [0.1, 0.15) is 18.2 Å². The van der Waals surface area contributed by atoms with Crippen LogP contribution in [0, 0.1) is 6.92 Å². The molecule has 0 atom stereocenters. The zero-order valence-corrected chi connectivity index (χ0v) is 15.7. The zero-order chi connectivity index (χ0) is 19.0. The second kappa shape index (κ2) is 6.89. The fourth-order valence-corrected chi connectivity index (χ4v) is 3.17. The molecule has 0 saturated carbocycles. The van der Waals surface area contributed by atoms with Gasteiger partial charge < -0.3 is 10.6 Å². The lowest BCUT2D eigenvalue weighted by Crippen LogP contribution is -2.07. The summed E-state index contributed by atoms with van der Waals surface area (Å²) in [6, 6.07) is 15.6. The minimum atomic E-state index is -0.0853. The third kappa shape index (κ3) is 3.31. The van der Waals surface area contributed by atoms with Crippen molar-refractivity contribution in [1.29, 1.82) is 0 Å². The summed E-state index contributed by atoms with van der Waals surface area (Å²) in [7, 11) is 0. The van der Waals surface area contributed by atoms with Crippen molar-refractivity contribution < 1.29 is 4.79 Å². The molecule has 7 heteroatoms. The van der Waals surface area contributed by atoms with Gasteiger partial charge in [-0.25, -0.2) is 9.50 Å². The number of aryl methyl sites for hydroxylation is 1. The third-order valence-electron chi connectivity index (χ3n) is 4.30. The normalized spacial score (nSPS) is 11.1. The Hall–Kier alpha value is -3.12. The van der Waals surface area contributed by atoms with Crippen molar-refractivity contribution in [1.82, 2.24) is 14.6 Å². The molecule has 0 radical (unpaired) electrons. The van der Waals surface area contributed by atoms with Gasteiger partial charge in [0.2, 0.25) is 5.91 Å². The fourth-order valence-electron chi connectivity index (χ4n) is 3.01. The summed E-state index contributed by atoms with van der Waals surface area (Å²) in [6.07, 6.45) is 0. The summed E-state index contributed by atoms with van der Waals surface area (Å²) in [5.74, 6) is 0.670. The quantitative estimate of drug-likeness (QED) is 0.550. The van der Waals surface area contributed by atoms with Crippen LogP contribution < -0.4 is 10.6 Å². The maximum atomic E-state index is 11.1. The topological polar surface area (TPSA) is 71.3 Å². The molecule has 6 nitrogen and oxygen atoms in total. The number of fused-ring (bicyclic) bond motifs is 3. The van der Waals surface area contributed by atoms with Crippen LogP contribution in [0.15, 0.2) is 48.5 Å². The zero-order valence-electron chi connectivity index (χ0n) is 15.0. The molecule has 4 aromatic rings. The third-order valence-corrected chi connectivity index (χ3v) is 4.75. The van der Waals surface area contributed by atoms with Crippen molar-refractivity contribution in [3.8, 4) is 0 Å². The summed E-state index contributed by atoms with van der Waals surface area (Å²) in [6.45, 7) is 3.96. The van der Waals surface area contributed by atoms with E-state index in [2.05, 4.69) is 15.7 Å². The van der Waals surface area contributed by atoms with E-state index in [0.29, 0.717) is 17.2 Å². The Morgan fingerprint density at radius 1 is 1.15 bits per heavy atom. The standard InChI is InChI=1S/C20H18ClN5O/c1-12-18(21)20-24-19(16-5-3-4-6-17(16)26(20)25-12)22-11-14-7-9-15(10-8-14)23-13(2)27/h3-10H,11H2,1-2H3,(H,22,24)(H,23,27). The largest absolute Gasteiger partial charge is 0.365 e. The van der Waals surface area contributed by atoms with Crippen LogP contribution in [-0.2, 0) is 11.3 Å². The average Bonchev–Trinajstić information content (AvgIpc) is 2.95. The van der Waals surface area contributed by atoms with Crippen molar-refractivity contribution in [2.24, 2.45) is 0 Å². The summed E-state index contributed by atoms with van der Waals surface area (Å²) in [4.78, 5) is 15.8. The first-order valence-corrected chi connectivity index (χ1v) is 8.94. The van der Waals surface area contributed by atoms with Crippen molar-refractivity contribution in [3.05, 3.63) is 64.8 Å². The first-order valence-electron chi connectivity index (χ1n) is 8.57. The molecule has 4 rings (SSSR count). The van der Waals surface area contributed by atoms with Crippen molar-refractivity contribution in [2.45, 2.75) is 20.4 Å². The van der Waals surface area contributed by atoms with Gasteiger partial charge in [0, 0.05) is 24.5 Å². The second-order valence-electron chi connectivity index (χ2n) is 6.34. The summed E-state index contributed by atoms with van der Waals surface area (Å²) >= 11 is 6.38. The minimum Gasteiger partial charge on any atom is -0.365 e. The number of amides is 1. The molecule has 0 fully saturated rings. The van der Waals surface area contributed by atoms with Gasteiger partial charge in [-0.15, -0.1) is 0 Å². The number of nitrogens with zero attached hydrogens (tertiary/aromatic N) is 3. The summed E-state index contributed by atoms with van der Waals surface area (Å²) < 4.78 is 1.78. The van der Waals surface area contributed by atoms with Gasteiger partial charge in [-0.3, -0.25) is 4.79 Å². The Morgan fingerprint density at radius 3 is 2.63 bits per heavy atom. The molecular formula is C20H18ClN5O. The molecule has 0 saturated heterocycles. The van der Waals surface area contributed by atoms with E-state index in [9.17, 15) is 4.79 Å². The van der Waals surface area contributed by atoms with E-state index in [0.717, 1.165) is 33.7 Å². The first-order chi connectivity index (χ1) is 13.0. The van der Waals surface area contributed by atoms with Gasteiger partial charge in [0.25, 0.3) is 0 Å². The van der Waals surface area contributed by atoms with E-state index < -0.39 is 0 Å². The number of carbonyl (C=O) groups excluding carboxylic acids is 1. The number of anilines is 2. The van der Waals surface area contributed by atoms with E-state index >= 15 is 0 Å². The number of carbonyl (C=O) groups is 1. The van der Waals surface area contributed by atoms with Crippen molar-refractivity contribution in [2.75, 3.05) is 10.6 Å². The number of nitrogens with one attached hydrogen (secondary N) is 2. The molecule has 2 aromatic heterocycles. The molecule has 1 amide bonds. The molecule has 2 heterocycles. The Labute approximate surface area is 161 Å². The van der Waals surface area contributed by atoms with Gasteiger partial charge in [0.05, 0.1) is 11.2 Å². The van der Waals surface area contributed by atoms with Gasteiger partial charge >= 0.3 is 0 Å². The molecule has 0 unspecified atom stereocenters. The summed E-state index contributed by atoms with van der Waals surface area (Å²) in [5.41, 5.74) is 4.18. The van der Waals surface area contributed by atoms with Crippen molar-refractivity contribution in [3.63, 3.8) is 0 Å². The van der Waals surface area contributed by atoms with E-state index in [1.807, 2.05) is 55.5 Å². The lowest BCUT2D eigenvalue weighted by Gasteiger charge is -2.11. The molecule has 2 aromatic carbocycles. The number of hydrogen-bond acceptors (Lipinski definition) is 4. The Morgan fingerprint density at radius 2 is 1.89 bits per heavy atom. The Kier molecular flexibility index (Phi) is 4.41. The molecule has 2 N–H and O–H groups in total. The minimum absolute atomic E-state index is 0.0853. The molecule has 27 heavy (non-hydrogen) atoms. The molecule has 136 valence electrons. The van der Waals surface area contributed by atoms with Gasteiger partial charge in [0.15, 0.2) is 5.65 Å². The number of benzene rings is 2. The maximum absolute atomic E-state index is 11.1. The molecule has 0 bridgehead atoms. The van der Waals surface area contributed by atoms with Crippen LogP contribution in [0.25, 0.3) is 16.6 Å². The smallest absolute Gasteiger partial charge is 0.221 e. The van der Waals surface area contributed by atoms with Gasteiger partial charge in [-0.2, -0.15) is 5.10 Å². The van der Waals surface area contributed by atoms with Crippen LogP contribution in [0.5, 0.6) is 0 Å². The lowest BCUT2D eigenvalue weighted by molar-refractivity contribution is -0.114. The molecular weight excluding hydrogens is 362 g/mol. The summed E-state index contributed by atoms with van der Waals surface area (Å²) in [5, 5.41) is 12.2. The fraction of sp³-hybridized carbons (Fsp3) is 0.150. The number of para-hydroxylation sites is 1. The highest BCUT2D eigenvalue weighted by atomic mass is 35.5. The Bertz CT molecular complexity index is 1150. The molecule has 0 spiro atoms. The van der Waals surface area contributed by atoms with E-state index in [1.165, 1.54) is 6.92 Å². The monoisotopic (exact) mass is 379 g/mol. The molecule has 0 aliphatic rings. The van der Waals surface area contributed by atoms with Gasteiger partial charge in [-0.05, 0) is 36.8 Å². The predicted molar refractivity (Wildman–Crippen MR) is 108 cm³/mol. The van der Waals surface area contributed by atoms with Crippen LogP contribution in [-0.4, -0.2) is 20.5 Å². The maximum Gasteiger partial charge on any atom is 0.221 e. The highest BCUT2D eigenvalue weighted by Crippen LogP contribution is 2.28. The van der Waals surface area contributed by atoms with Crippen LogP contribution >= 0.6 is 11.6 Å². The number of halogens is 1. The first kappa shape index (κ1) is 17.3. The van der Waals surface area contributed by atoms with Crippen molar-refractivity contribution >= 4 is 45.6 Å². The lowest BCUT2D eigenvalue weighted by atomic mass is 10.2. The van der Waals surface area contributed by atoms with E-state index in [1.54, 1.807) is 4.52 Å². The van der Waals surface area contributed by atoms with Gasteiger partial charge in [-0.1, -0.05) is 35.9 Å². The van der Waals surface area contributed by atoms with Gasteiger partial charge in [0.1, 0.15) is 10.8 Å². The number of rotatable bonds is 4. The van der Waals surface area contributed by atoms with Crippen LogP contribution in [0.4, 0.5) is 11.5 Å². The highest BCUT2D eigenvalue weighted by Gasteiger charge is 2.14. The van der Waals surface area contributed by atoms with E-state index in [-0.39, 0.29) is 5.91 Å². The SMILES string of the molecule is CC(=O)Nc1ccc(CNc2nc3c(Cl)c(C)nn3c3ccccc23)cc1. The van der Waals surface area contributed by atoms with Crippen LogP contribution in [0.2, 0.25) is 5.02 Å². The van der Waals surface area contributed by atoms with Crippen LogP contribution in [0.3, 0.4) is 0 Å². The second-order valence-corrected chi connectivity index (χ2v) is 6.72. The number of aromatic nitrogens is 3. The molecule has 0 aliphatic heterocycles. The Balaban J connectivity index is 1.66. The number of hydrogen-bond donors (Lipinski definition) is 2. The van der Waals surface area contributed by atoms with E-state index in [4.69, 9.17) is 16.6 Å². The molecule has 0 aliphatic carbocycles.